The van der Waals surface area contributed by atoms with Gasteiger partial charge < -0.3 is 9.53 Å². The summed E-state index contributed by atoms with van der Waals surface area (Å²) >= 11 is 0. The van der Waals surface area contributed by atoms with E-state index in [2.05, 4.69) is 13.8 Å². The molecule has 13 heavy (non-hydrogen) atoms. The second-order valence-corrected chi connectivity index (χ2v) is 3.88. The molecule has 0 rings (SSSR count). The first kappa shape index (κ1) is 12.6. The summed E-state index contributed by atoms with van der Waals surface area (Å²) in [5, 5.41) is 0. The predicted octanol–water partition coefficient (Wildman–Crippen LogP) is 2.66. The molecule has 0 saturated carbocycles. The van der Waals surface area contributed by atoms with E-state index in [0.717, 1.165) is 32.3 Å². The maximum atomic E-state index is 10.4. The molecule has 0 aromatic carbocycles. The Morgan fingerprint density at radius 3 is 2.62 bits per heavy atom. The summed E-state index contributed by atoms with van der Waals surface area (Å²) < 4.78 is 5.47. The molecule has 0 radical (unpaired) electrons. The van der Waals surface area contributed by atoms with Crippen molar-refractivity contribution < 1.29 is 9.53 Å². The lowest BCUT2D eigenvalue weighted by atomic mass is 9.99. The number of rotatable bonds is 8. The van der Waals surface area contributed by atoms with Crippen LogP contribution in [-0.2, 0) is 9.53 Å². The molecule has 2 heteroatoms. The number of hydrogen-bond acceptors (Lipinski definition) is 2. The quantitative estimate of drug-likeness (QED) is 0.430. The van der Waals surface area contributed by atoms with Crippen LogP contribution >= 0.6 is 0 Å². The molecule has 0 bridgehead atoms. The van der Waals surface area contributed by atoms with Crippen molar-refractivity contribution in [2.24, 2.45) is 11.8 Å². The first-order valence-electron chi connectivity index (χ1n) is 5.23. The smallest absolute Gasteiger partial charge is 0.122 e. The molecule has 2 nitrogen and oxygen atoms in total. The van der Waals surface area contributed by atoms with Crippen LogP contribution in [0.15, 0.2) is 0 Å². The average molecular weight is 186 g/mol. The third kappa shape index (κ3) is 7.97. The van der Waals surface area contributed by atoms with Gasteiger partial charge in [0.2, 0.25) is 0 Å². The summed E-state index contributed by atoms with van der Waals surface area (Å²) in [4.78, 5) is 10.4. The van der Waals surface area contributed by atoms with Crippen molar-refractivity contribution in [1.82, 2.24) is 0 Å². The normalized spacial score (nSPS) is 15.3. The standard InChI is InChI=1S/C11H22O2/c1-4-5-6-13-9-11(3)7-10(2)8-12/h8,10-11H,4-7,9H2,1-3H3/t10-,11?/m0/s1. The van der Waals surface area contributed by atoms with Crippen LogP contribution in [0.5, 0.6) is 0 Å². The Morgan fingerprint density at radius 1 is 1.38 bits per heavy atom. The Bertz CT molecular complexity index is 123. The van der Waals surface area contributed by atoms with Gasteiger partial charge in [-0.05, 0) is 18.8 Å². The fourth-order valence-electron chi connectivity index (χ4n) is 1.29. The zero-order chi connectivity index (χ0) is 10.1. The van der Waals surface area contributed by atoms with Crippen LogP contribution < -0.4 is 0 Å². The molecule has 0 aromatic rings. The molecule has 0 aliphatic carbocycles. The molecule has 0 fully saturated rings. The van der Waals surface area contributed by atoms with Gasteiger partial charge in [0.15, 0.2) is 0 Å². The summed E-state index contributed by atoms with van der Waals surface area (Å²) in [5.41, 5.74) is 0. The lowest BCUT2D eigenvalue weighted by Gasteiger charge is -2.13. The van der Waals surface area contributed by atoms with E-state index in [-0.39, 0.29) is 5.92 Å². The minimum absolute atomic E-state index is 0.171. The van der Waals surface area contributed by atoms with Gasteiger partial charge >= 0.3 is 0 Å². The highest BCUT2D eigenvalue weighted by atomic mass is 16.5. The first-order valence-corrected chi connectivity index (χ1v) is 5.23. The third-order valence-corrected chi connectivity index (χ3v) is 2.05. The van der Waals surface area contributed by atoms with Gasteiger partial charge in [-0.2, -0.15) is 0 Å². The SMILES string of the molecule is CCCCOCC(C)C[C@H](C)C=O. The minimum Gasteiger partial charge on any atom is -0.381 e. The van der Waals surface area contributed by atoms with Crippen LogP contribution in [0, 0.1) is 11.8 Å². The van der Waals surface area contributed by atoms with Crippen molar-refractivity contribution in [3.63, 3.8) is 0 Å². The minimum atomic E-state index is 0.171. The largest absolute Gasteiger partial charge is 0.381 e. The number of aldehydes is 1. The van der Waals surface area contributed by atoms with Crippen LogP contribution in [0.1, 0.15) is 40.0 Å². The second-order valence-electron chi connectivity index (χ2n) is 3.88. The Labute approximate surface area is 81.7 Å². The van der Waals surface area contributed by atoms with Crippen LogP contribution in [-0.4, -0.2) is 19.5 Å². The molecule has 1 unspecified atom stereocenters. The highest BCUT2D eigenvalue weighted by Gasteiger charge is 2.07. The van der Waals surface area contributed by atoms with Gasteiger partial charge in [-0.1, -0.05) is 27.2 Å². The molecule has 0 aliphatic rings. The summed E-state index contributed by atoms with van der Waals surface area (Å²) in [6, 6.07) is 0. The number of carbonyl (C=O) groups is 1. The van der Waals surface area contributed by atoms with Gasteiger partial charge in [-0.15, -0.1) is 0 Å². The number of unbranched alkanes of at least 4 members (excludes halogenated alkanes) is 1. The molecular formula is C11H22O2. The lowest BCUT2D eigenvalue weighted by molar-refractivity contribution is -0.111. The zero-order valence-electron chi connectivity index (χ0n) is 9.08. The fourth-order valence-corrected chi connectivity index (χ4v) is 1.29. The molecule has 2 atom stereocenters. The Kier molecular flexibility index (Phi) is 8.00. The van der Waals surface area contributed by atoms with Gasteiger partial charge in [0.1, 0.15) is 6.29 Å². The van der Waals surface area contributed by atoms with Gasteiger partial charge in [-0.3, -0.25) is 0 Å². The van der Waals surface area contributed by atoms with E-state index in [1.54, 1.807) is 0 Å². The summed E-state index contributed by atoms with van der Waals surface area (Å²) in [7, 11) is 0. The van der Waals surface area contributed by atoms with Crippen molar-refractivity contribution in [3.05, 3.63) is 0 Å². The summed E-state index contributed by atoms with van der Waals surface area (Å²) in [6.07, 6.45) is 4.27. The van der Waals surface area contributed by atoms with Crippen LogP contribution in [0.2, 0.25) is 0 Å². The van der Waals surface area contributed by atoms with E-state index >= 15 is 0 Å². The second kappa shape index (κ2) is 8.24. The van der Waals surface area contributed by atoms with Gasteiger partial charge in [0.25, 0.3) is 0 Å². The molecule has 0 amide bonds. The van der Waals surface area contributed by atoms with Gasteiger partial charge in [0.05, 0.1) is 0 Å². The molecule has 0 aromatic heterocycles. The summed E-state index contributed by atoms with van der Waals surface area (Å²) in [5.74, 6) is 0.668. The Morgan fingerprint density at radius 2 is 2.08 bits per heavy atom. The van der Waals surface area contributed by atoms with E-state index in [0.29, 0.717) is 5.92 Å². The Balaban J connectivity index is 3.29. The van der Waals surface area contributed by atoms with Gasteiger partial charge in [-0.25, -0.2) is 0 Å². The highest BCUT2D eigenvalue weighted by Crippen LogP contribution is 2.10. The Hall–Kier alpha value is -0.370. The third-order valence-electron chi connectivity index (χ3n) is 2.05. The van der Waals surface area contributed by atoms with Crippen molar-refractivity contribution >= 4 is 6.29 Å². The van der Waals surface area contributed by atoms with Crippen molar-refractivity contribution in [3.8, 4) is 0 Å². The number of hydrogen-bond donors (Lipinski definition) is 0. The maximum absolute atomic E-state index is 10.4. The van der Waals surface area contributed by atoms with Crippen LogP contribution in [0.25, 0.3) is 0 Å². The number of carbonyl (C=O) groups excluding carboxylic acids is 1. The fraction of sp³-hybridized carbons (Fsp3) is 0.909. The van der Waals surface area contributed by atoms with E-state index in [4.69, 9.17) is 4.74 Å². The lowest BCUT2D eigenvalue weighted by Crippen LogP contribution is -2.11. The van der Waals surface area contributed by atoms with Crippen LogP contribution in [0.4, 0.5) is 0 Å². The number of ether oxygens (including phenoxy) is 1. The molecule has 0 heterocycles. The van der Waals surface area contributed by atoms with Crippen LogP contribution in [0.3, 0.4) is 0 Å². The van der Waals surface area contributed by atoms with E-state index in [1.807, 2.05) is 6.92 Å². The monoisotopic (exact) mass is 186 g/mol. The molecule has 78 valence electrons. The zero-order valence-corrected chi connectivity index (χ0v) is 9.08. The molecular weight excluding hydrogens is 164 g/mol. The van der Waals surface area contributed by atoms with E-state index in [9.17, 15) is 4.79 Å². The molecule has 0 aliphatic heterocycles. The van der Waals surface area contributed by atoms with Gasteiger partial charge in [0, 0.05) is 19.1 Å². The average Bonchev–Trinajstić information content (AvgIpc) is 2.12. The topological polar surface area (TPSA) is 26.3 Å². The molecule has 0 saturated heterocycles. The van der Waals surface area contributed by atoms with E-state index in [1.165, 1.54) is 6.42 Å². The van der Waals surface area contributed by atoms with Crippen molar-refractivity contribution in [1.29, 1.82) is 0 Å². The maximum Gasteiger partial charge on any atom is 0.122 e. The van der Waals surface area contributed by atoms with E-state index < -0.39 is 0 Å². The summed E-state index contributed by atoms with van der Waals surface area (Å²) in [6.45, 7) is 7.89. The highest BCUT2D eigenvalue weighted by molar-refractivity contribution is 5.52. The van der Waals surface area contributed by atoms with Crippen molar-refractivity contribution in [2.45, 2.75) is 40.0 Å². The molecule has 0 N–H and O–H groups in total. The first-order chi connectivity index (χ1) is 6.20. The van der Waals surface area contributed by atoms with Crippen molar-refractivity contribution in [2.75, 3.05) is 13.2 Å². The molecule has 0 spiro atoms. The predicted molar refractivity (Wildman–Crippen MR) is 54.7 cm³/mol.